The minimum absolute atomic E-state index is 0.0168. The van der Waals surface area contributed by atoms with Crippen LogP contribution >= 0.6 is 23.4 Å². The topological polar surface area (TPSA) is 98.7 Å². The molecule has 7 nitrogen and oxygen atoms in total. The summed E-state index contributed by atoms with van der Waals surface area (Å²) in [6.07, 6.45) is 1.96. The maximum absolute atomic E-state index is 14.0. The zero-order valence-electron chi connectivity index (χ0n) is 20.0. The average Bonchev–Trinajstić information content (AvgIpc) is 3.53. The van der Waals surface area contributed by atoms with Gasteiger partial charge in [-0.25, -0.2) is 0 Å². The largest absolute Gasteiger partial charge is 0.394 e. The van der Waals surface area contributed by atoms with Crippen molar-refractivity contribution in [2.75, 3.05) is 11.9 Å². The molecule has 5 rings (SSSR count). The van der Waals surface area contributed by atoms with E-state index in [0.717, 1.165) is 12.0 Å². The molecule has 2 bridgehead atoms. The van der Waals surface area contributed by atoms with E-state index in [1.807, 2.05) is 37.3 Å². The number of nitrogens with one attached hydrogen (secondary N) is 2. The van der Waals surface area contributed by atoms with Gasteiger partial charge in [0.1, 0.15) is 6.04 Å². The van der Waals surface area contributed by atoms with E-state index in [2.05, 4.69) is 10.6 Å². The van der Waals surface area contributed by atoms with Crippen LogP contribution in [0.5, 0.6) is 0 Å². The van der Waals surface area contributed by atoms with Gasteiger partial charge in [-0.3, -0.25) is 14.4 Å². The predicted molar refractivity (Wildman–Crippen MR) is 140 cm³/mol. The van der Waals surface area contributed by atoms with Gasteiger partial charge >= 0.3 is 0 Å². The molecule has 0 radical (unpaired) electrons. The molecule has 3 aliphatic rings. The van der Waals surface area contributed by atoms with Crippen LogP contribution in [0.2, 0.25) is 5.02 Å². The molecule has 0 aliphatic carbocycles. The first-order chi connectivity index (χ1) is 17.4. The third-order valence-electron chi connectivity index (χ3n) is 7.79. The number of rotatable bonds is 8. The van der Waals surface area contributed by atoms with Gasteiger partial charge in [0.25, 0.3) is 0 Å². The molecule has 3 heterocycles. The molecule has 36 heavy (non-hydrogen) atoms. The standard InChI is InChI=1S/C27H30ClN3O4S/c1-2-19(15-32)31-23(25(34)30-18-10-8-17(28)9-11-18)27-13-12-20(36-27)21(22(27)26(31)35)24(33)29-14-16-6-4-3-5-7-16/h3-11,19-23,32H,2,12-15H2,1H3,(H,29,33)(H,30,34)/t19-,20-,21+,22-,23?,27?/m0/s1. The Kier molecular flexibility index (Phi) is 7.03. The quantitative estimate of drug-likeness (QED) is 0.488. The number of halogens is 1. The number of fused-ring (bicyclic) bond motifs is 1. The lowest BCUT2D eigenvalue weighted by molar-refractivity contribution is -0.142. The van der Waals surface area contributed by atoms with Gasteiger partial charge in [0.05, 0.1) is 29.2 Å². The minimum Gasteiger partial charge on any atom is -0.394 e. The first-order valence-corrected chi connectivity index (χ1v) is 13.6. The lowest BCUT2D eigenvalue weighted by Crippen LogP contribution is -2.54. The normalized spacial score (nSPS) is 29.2. The molecule has 6 atom stereocenters. The number of benzene rings is 2. The van der Waals surface area contributed by atoms with Crippen LogP contribution in [0.25, 0.3) is 0 Å². The highest BCUT2D eigenvalue weighted by Crippen LogP contribution is 2.66. The second-order valence-corrected chi connectivity index (χ2v) is 11.8. The van der Waals surface area contributed by atoms with E-state index >= 15 is 0 Å². The summed E-state index contributed by atoms with van der Waals surface area (Å²) in [7, 11) is 0. The Morgan fingerprint density at radius 1 is 1.17 bits per heavy atom. The average molecular weight is 528 g/mol. The Balaban J connectivity index is 1.44. The minimum atomic E-state index is -0.773. The van der Waals surface area contributed by atoms with Crippen LogP contribution in [-0.4, -0.2) is 56.4 Å². The van der Waals surface area contributed by atoms with Crippen molar-refractivity contribution >= 4 is 46.8 Å². The van der Waals surface area contributed by atoms with Crippen molar-refractivity contribution in [2.24, 2.45) is 11.8 Å². The van der Waals surface area contributed by atoms with E-state index < -0.39 is 28.7 Å². The van der Waals surface area contributed by atoms with Gasteiger partial charge in [-0.2, -0.15) is 0 Å². The number of amides is 3. The number of carbonyl (C=O) groups excluding carboxylic acids is 3. The summed E-state index contributed by atoms with van der Waals surface area (Å²) in [6, 6.07) is 15.2. The molecule has 3 aliphatic heterocycles. The second-order valence-electron chi connectivity index (χ2n) is 9.75. The summed E-state index contributed by atoms with van der Waals surface area (Å²) in [4.78, 5) is 42.7. The van der Waals surface area contributed by atoms with Crippen molar-refractivity contribution in [1.82, 2.24) is 10.2 Å². The second kappa shape index (κ2) is 10.1. The molecule has 190 valence electrons. The number of likely N-dealkylation sites (tertiary alicyclic amines) is 1. The highest BCUT2D eigenvalue weighted by molar-refractivity contribution is 8.02. The zero-order valence-corrected chi connectivity index (χ0v) is 21.6. The highest BCUT2D eigenvalue weighted by Gasteiger charge is 2.74. The molecule has 9 heteroatoms. The van der Waals surface area contributed by atoms with E-state index in [0.29, 0.717) is 30.1 Å². The third-order valence-corrected chi connectivity index (χ3v) is 9.99. The van der Waals surface area contributed by atoms with Crippen molar-refractivity contribution < 1.29 is 19.5 Å². The van der Waals surface area contributed by atoms with Crippen molar-refractivity contribution in [3.05, 3.63) is 65.2 Å². The Bertz CT molecular complexity index is 1140. The SMILES string of the molecule is CC[C@@H](CO)N1C(=O)[C@@H]2[C@H](C(=O)NCc3ccccc3)[C@@H]3CCC2(S3)C1C(=O)Nc1ccc(Cl)cc1. The molecule has 2 aromatic rings. The first kappa shape index (κ1) is 25.1. The molecule has 3 fully saturated rings. The molecule has 0 saturated carbocycles. The fourth-order valence-electron chi connectivity index (χ4n) is 6.14. The van der Waals surface area contributed by atoms with Gasteiger partial charge in [-0.15, -0.1) is 11.8 Å². The fraction of sp³-hybridized carbons (Fsp3) is 0.444. The summed E-state index contributed by atoms with van der Waals surface area (Å²) in [5.74, 6) is -1.75. The van der Waals surface area contributed by atoms with Crippen LogP contribution in [0.15, 0.2) is 54.6 Å². The number of anilines is 1. The molecular weight excluding hydrogens is 498 g/mol. The highest BCUT2D eigenvalue weighted by atomic mass is 35.5. The van der Waals surface area contributed by atoms with Crippen LogP contribution in [-0.2, 0) is 20.9 Å². The number of thioether (sulfide) groups is 1. The van der Waals surface area contributed by atoms with Crippen LogP contribution in [0.1, 0.15) is 31.7 Å². The smallest absolute Gasteiger partial charge is 0.248 e. The van der Waals surface area contributed by atoms with E-state index in [1.54, 1.807) is 40.9 Å². The van der Waals surface area contributed by atoms with Crippen LogP contribution in [0.4, 0.5) is 5.69 Å². The van der Waals surface area contributed by atoms with Gasteiger partial charge in [-0.1, -0.05) is 48.9 Å². The Labute approximate surface area is 220 Å². The van der Waals surface area contributed by atoms with Crippen molar-refractivity contribution in [3.8, 4) is 0 Å². The Morgan fingerprint density at radius 2 is 1.89 bits per heavy atom. The summed E-state index contributed by atoms with van der Waals surface area (Å²) in [5, 5.41) is 16.6. The van der Waals surface area contributed by atoms with E-state index in [9.17, 15) is 19.5 Å². The maximum Gasteiger partial charge on any atom is 0.248 e. The van der Waals surface area contributed by atoms with Crippen LogP contribution < -0.4 is 10.6 Å². The molecule has 2 aromatic carbocycles. The van der Waals surface area contributed by atoms with Gasteiger partial charge in [0, 0.05) is 22.5 Å². The Morgan fingerprint density at radius 3 is 2.56 bits per heavy atom. The lowest BCUT2D eigenvalue weighted by Gasteiger charge is -2.36. The van der Waals surface area contributed by atoms with Gasteiger partial charge < -0.3 is 20.6 Å². The molecular formula is C27H30ClN3O4S. The number of hydrogen-bond acceptors (Lipinski definition) is 5. The van der Waals surface area contributed by atoms with Gasteiger partial charge in [0.2, 0.25) is 17.7 Å². The van der Waals surface area contributed by atoms with Gasteiger partial charge in [-0.05, 0) is 49.1 Å². The summed E-state index contributed by atoms with van der Waals surface area (Å²) < 4.78 is -0.699. The first-order valence-electron chi connectivity index (χ1n) is 12.4. The predicted octanol–water partition coefficient (Wildman–Crippen LogP) is 3.46. The third kappa shape index (κ3) is 4.19. The molecule has 3 N–H and O–H groups in total. The Hall–Kier alpha value is -2.55. The maximum atomic E-state index is 14.0. The van der Waals surface area contributed by atoms with E-state index in [1.165, 1.54) is 0 Å². The molecule has 3 amide bonds. The summed E-state index contributed by atoms with van der Waals surface area (Å²) in [5.41, 5.74) is 1.57. The monoisotopic (exact) mass is 527 g/mol. The van der Waals surface area contributed by atoms with Crippen molar-refractivity contribution in [1.29, 1.82) is 0 Å². The summed E-state index contributed by atoms with van der Waals surface area (Å²) >= 11 is 7.61. The van der Waals surface area contributed by atoms with Crippen molar-refractivity contribution in [2.45, 2.75) is 54.8 Å². The zero-order chi connectivity index (χ0) is 25.4. The number of aliphatic hydroxyl groups excluding tert-OH is 1. The number of carbonyl (C=O) groups is 3. The van der Waals surface area contributed by atoms with E-state index in [-0.39, 0.29) is 29.6 Å². The number of hydrogen-bond donors (Lipinski definition) is 3. The lowest BCUT2D eigenvalue weighted by atomic mass is 9.70. The van der Waals surface area contributed by atoms with Crippen molar-refractivity contribution in [3.63, 3.8) is 0 Å². The summed E-state index contributed by atoms with van der Waals surface area (Å²) in [6.45, 7) is 2.04. The molecule has 0 aromatic heterocycles. The fourth-order valence-corrected chi connectivity index (χ4v) is 8.48. The molecule has 3 saturated heterocycles. The van der Waals surface area contributed by atoms with E-state index in [4.69, 9.17) is 11.6 Å². The molecule has 1 spiro atoms. The molecule has 2 unspecified atom stereocenters. The van der Waals surface area contributed by atoms with Crippen LogP contribution in [0.3, 0.4) is 0 Å². The number of nitrogens with zero attached hydrogens (tertiary/aromatic N) is 1. The number of aliphatic hydroxyl groups is 1. The van der Waals surface area contributed by atoms with Gasteiger partial charge in [0.15, 0.2) is 0 Å². The van der Waals surface area contributed by atoms with Crippen LogP contribution in [0, 0.1) is 11.8 Å².